The quantitative estimate of drug-likeness (QED) is 0.340. The number of benzene rings is 2. The van der Waals surface area contributed by atoms with Gasteiger partial charge in [0.15, 0.2) is 0 Å². The first-order valence-electron chi connectivity index (χ1n) is 11.9. The molecule has 0 saturated heterocycles. The third-order valence-electron chi connectivity index (χ3n) is 5.89. The standard InChI is InChI=1S/C28H31N3O5S/c1-7-36-27-21-16-19(31-37(6,33)34)11-10-17(21)15-24(30-27)22-13-18(20-9-8-12-29-26(20)32)14-23(25(22)35-5)28(2,3)4/h8-16,31H,7H2,1-6H3,(H,29,32). The van der Waals surface area contributed by atoms with E-state index in [1.54, 1.807) is 37.6 Å². The topological polar surface area (TPSA) is 110 Å². The fourth-order valence-electron chi connectivity index (χ4n) is 4.28. The number of nitrogens with zero attached hydrogens (tertiary/aromatic N) is 1. The van der Waals surface area contributed by atoms with Crippen LogP contribution in [-0.4, -0.2) is 38.4 Å². The first-order chi connectivity index (χ1) is 17.4. The van der Waals surface area contributed by atoms with Gasteiger partial charge in [0.2, 0.25) is 15.9 Å². The van der Waals surface area contributed by atoms with Gasteiger partial charge in [-0.3, -0.25) is 9.52 Å². The fraction of sp³-hybridized carbons (Fsp3) is 0.286. The van der Waals surface area contributed by atoms with Gasteiger partial charge in [0.1, 0.15) is 5.75 Å². The van der Waals surface area contributed by atoms with E-state index in [0.717, 1.165) is 28.3 Å². The van der Waals surface area contributed by atoms with Crippen molar-refractivity contribution in [1.82, 2.24) is 9.97 Å². The van der Waals surface area contributed by atoms with Crippen LogP contribution in [0.2, 0.25) is 0 Å². The van der Waals surface area contributed by atoms with Crippen LogP contribution in [0, 0.1) is 0 Å². The molecule has 0 aliphatic carbocycles. The summed E-state index contributed by atoms with van der Waals surface area (Å²) in [4.78, 5) is 20.2. The highest BCUT2D eigenvalue weighted by Crippen LogP contribution is 2.43. The predicted octanol–water partition coefficient (Wildman–Crippen LogP) is 5.33. The van der Waals surface area contributed by atoms with Crippen molar-refractivity contribution in [3.05, 3.63) is 70.6 Å². The molecule has 0 atom stereocenters. The minimum absolute atomic E-state index is 0.189. The van der Waals surface area contributed by atoms with E-state index in [2.05, 4.69) is 30.5 Å². The first kappa shape index (κ1) is 26.2. The lowest BCUT2D eigenvalue weighted by Gasteiger charge is -2.25. The van der Waals surface area contributed by atoms with Crippen molar-refractivity contribution in [1.29, 1.82) is 0 Å². The Labute approximate surface area is 216 Å². The molecule has 0 aliphatic heterocycles. The van der Waals surface area contributed by atoms with Crippen LogP contribution in [0.25, 0.3) is 33.2 Å². The summed E-state index contributed by atoms with van der Waals surface area (Å²) in [6, 6.07) is 14.6. The molecule has 4 aromatic rings. The number of nitrogens with one attached hydrogen (secondary N) is 2. The monoisotopic (exact) mass is 521 g/mol. The molecule has 0 spiro atoms. The van der Waals surface area contributed by atoms with Crippen molar-refractivity contribution in [2.45, 2.75) is 33.1 Å². The van der Waals surface area contributed by atoms with Gasteiger partial charge < -0.3 is 14.5 Å². The molecular formula is C28H31N3O5S. The van der Waals surface area contributed by atoms with Gasteiger partial charge >= 0.3 is 0 Å². The molecule has 0 saturated carbocycles. The third kappa shape index (κ3) is 5.61. The lowest BCUT2D eigenvalue weighted by molar-refractivity contribution is 0.331. The third-order valence-corrected chi connectivity index (χ3v) is 6.49. The molecule has 0 unspecified atom stereocenters. The number of anilines is 1. The zero-order valence-electron chi connectivity index (χ0n) is 21.8. The average molecular weight is 522 g/mol. The van der Waals surface area contributed by atoms with Crippen molar-refractivity contribution < 1.29 is 17.9 Å². The highest BCUT2D eigenvalue weighted by molar-refractivity contribution is 7.92. The number of hydrogen-bond acceptors (Lipinski definition) is 6. The van der Waals surface area contributed by atoms with E-state index in [1.807, 2.05) is 31.2 Å². The highest BCUT2D eigenvalue weighted by atomic mass is 32.2. The van der Waals surface area contributed by atoms with E-state index >= 15 is 0 Å². The van der Waals surface area contributed by atoms with Gasteiger partial charge in [0, 0.05) is 34.0 Å². The van der Waals surface area contributed by atoms with E-state index in [0.29, 0.717) is 40.6 Å². The molecule has 2 aromatic heterocycles. The number of sulfonamides is 1. The van der Waals surface area contributed by atoms with Crippen molar-refractivity contribution in [2.75, 3.05) is 24.7 Å². The number of H-pyrrole nitrogens is 1. The Balaban J connectivity index is 2.02. The maximum Gasteiger partial charge on any atom is 0.255 e. The minimum Gasteiger partial charge on any atom is -0.496 e. The molecule has 0 fully saturated rings. The number of pyridine rings is 2. The van der Waals surface area contributed by atoms with Crippen LogP contribution in [0.4, 0.5) is 5.69 Å². The van der Waals surface area contributed by atoms with Crippen LogP contribution >= 0.6 is 0 Å². The average Bonchev–Trinajstić information content (AvgIpc) is 2.82. The molecule has 2 N–H and O–H groups in total. The van der Waals surface area contributed by atoms with Gasteiger partial charge in [0.25, 0.3) is 5.56 Å². The summed E-state index contributed by atoms with van der Waals surface area (Å²) in [6.07, 6.45) is 2.71. The van der Waals surface area contributed by atoms with Crippen molar-refractivity contribution in [2.24, 2.45) is 0 Å². The number of rotatable bonds is 7. The summed E-state index contributed by atoms with van der Waals surface area (Å²) in [5.74, 6) is 1.03. The molecule has 9 heteroatoms. The molecule has 0 radical (unpaired) electrons. The largest absolute Gasteiger partial charge is 0.496 e. The van der Waals surface area contributed by atoms with Crippen molar-refractivity contribution in [3.8, 4) is 34.0 Å². The van der Waals surface area contributed by atoms with Gasteiger partial charge in [-0.2, -0.15) is 0 Å². The lowest BCUT2D eigenvalue weighted by Crippen LogP contribution is -2.15. The highest BCUT2D eigenvalue weighted by Gasteiger charge is 2.25. The van der Waals surface area contributed by atoms with Crippen molar-refractivity contribution >= 4 is 26.5 Å². The van der Waals surface area contributed by atoms with Crippen LogP contribution in [-0.2, 0) is 15.4 Å². The van der Waals surface area contributed by atoms with Gasteiger partial charge in [-0.05, 0) is 65.8 Å². The zero-order valence-corrected chi connectivity index (χ0v) is 22.6. The molecule has 0 bridgehead atoms. The van der Waals surface area contributed by atoms with Crippen LogP contribution < -0.4 is 19.8 Å². The molecule has 2 heterocycles. The van der Waals surface area contributed by atoms with E-state index < -0.39 is 10.0 Å². The number of ether oxygens (including phenoxy) is 2. The zero-order chi connectivity index (χ0) is 27.0. The summed E-state index contributed by atoms with van der Waals surface area (Å²) in [7, 11) is -1.82. The molecule has 37 heavy (non-hydrogen) atoms. The van der Waals surface area contributed by atoms with Crippen LogP contribution in [0.15, 0.2) is 59.5 Å². The van der Waals surface area contributed by atoms with Gasteiger partial charge in [-0.25, -0.2) is 13.4 Å². The minimum atomic E-state index is -3.44. The molecule has 194 valence electrons. The molecule has 4 rings (SSSR count). The second kappa shape index (κ2) is 9.89. The van der Waals surface area contributed by atoms with Gasteiger partial charge in [-0.15, -0.1) is 0 Å². The van der Waals surface area contributed by atoms with Gasteiger partial charge in [0.05, 0.1) is 25.7 Å². The van der Waals surface area contributed by atoms with Gasteiger partial charge in [-0.1, -0.05) is 26.8 Å². The molecule has 0 aliphatic rings. The predicted molar refractivity (Wildman–Crippen MR) is 148 cm³/mol. The smallest absolute Gasteiger partial charge is 0.255 e. The Bertz CT molecular complexity index is 1640. The van der Waals surface area contributed by atoms with Crippen LogP contribution in [0.3, 0.4) is 0 Å². The maximum absolute atomic E-state index is 12.7. The first-order valence-corrected chi connectivity index (χ1v) is 13.8. The Hall–Kier alpha value is -3.85. The van der Waals surface area contributed by atoms with Crippen molar-refractivity contribution in [3.63, 3.8) is 0 Å². The molecule has 0 amide bonds. The Morgan fingerprint density at radius 3 is 2.43 bits per heavy atom. The summed E-state index contributed by atoms with van der Waals surface area (Å²) in [5.41, 5.74) is 3.48. The van der Waals surface area contributed by atoms with E-state index in [9.17, 15) is 13.2 Å². The number of aromatic amines is 1. The Kier molecular flexibility index (Phi) is 7.01. The normalized spacial score (nSPS) is 11.9. The fourth-order valence-corrected chi connectivity index (χ4v) is 4.83. The molecule has 2 aromatic carbocycles. The Morgan fingerprint density at radius 1 is 1.05 bits per heavy atom. The number of aromatic nitrogens is 2. The lowest BCUT2D eigenvalue weighted by atomic mass is 9.82. The van der Waals surface area contributed by atoms with E-state index in [-0.39, 0.29) is 11.0 Å². The Morgan fingerprint density at radius 2 is 1.81 bits per heavy atom. The van der Waals surface area contributed by atoms with E-state index in [1.165, 1.54) is 0 Å². The SMILES string of the molecule is CCOc1nc(-c2cc(-c3ccc[nH]c3=O)cc(C(C)(C)C)c2OC)cc2ccc(NS(C)(=O)=O)cc12. The summed E-state index contributed by atoms with van der Waals surface area (Å²) in [6.45, 7) is 8.49. The van der Waals surface area contributed by atoms with Crippen LogP contribution in [0.5, 0.6) is 11.6 Å². The summed E-state index contributed by atoms with van der Waals surface area (Å²) in [5, 5.41) is 1.49. The number of fused-ring (bicyclic) bond motifs is 1. The molecule has 8 nitrogen and oxygen atoms in total. The van der Waals surface area contributed by atoms with Crippen LogP contribution in [0.1, 0.15) is 33.3 Å². The summed E-state index contributed by atoms with van der Waals surface area (Å²) >= 11 is 0. The second-order valence-electron chi connectivity index (χ2n) is 9.82. The number of methoxy groups -OCH3 is 1. The molecular weight excluding hydrogens is 490 g/mol. The maximum atomic E-state index is 12.7. The summed E-state index contributed by atoms with van der Waals surface area (Å²) < 4.78 is 37.8. The second-order valence-corrected chi connectivity index (χ2v) is 11.6. The number of hydrogen-bond donors (Lipinski definition) is 2. The van der Waals surface area contributed by atoms with E-state index in [4.69, 9.17) is 14.5 Å².